The van der Waals surface area contributed by atoms with Crippen molar-refractivity contribution in [1.82, 2.24) is 19.1 Å². The largest absolute Gasteiger partial charge is 0.332 e. The van der Waals surface area contributed by atoms with Crippen molar-refractivity contribution in [2.45, 2.75) is 11.9 Å². The Kier molecular flexibility index (Phi) is 4.60. The summed E-state index contributed by atoms with van der Waals surface area (Å²) < 4.78 is 3.43. The molecule has 24 heavy (non-hydrogen) atoms. The van der Waals surface area contributed by atoms with Gasteiger partial charge in [-0.2, -0.15) is 0 Å². The molecule has 1 aromatic carbocycles. The van der Waals surface area contributed by atoms with Gasteiger partial charge in [-0.1, -0.05) is 35.0 Å². The zero-order valence-corrected chi connectivity index (χ0v) is 15.8. The van der Waals surface area contributed by atoms with E-state index in [1.807, 2.05) is 31.2 Å². The van der Waals surface area contributed by atoms with E-state index in [9.17, 15) is 9.59 Å². The summed E-state index contributed by atoms with van der Waals surface area (Å²) in [6, 6.07) is 7.59. The summed E-state index contributed by atoms with van der Waals surface area (Å²) in [5.41, 5.74) is 0.407. The molecule has 0 unspecified atom stereocenters. The van der Waals surface area contributed by atoms with Crippen LogP contribution in [0.3, 0.4) is 0 Å². The van der Waals surface area contributed by atoms with E-state index < -0.39 is 5.69 Å². The number of nitrogens with zero attached hydrogens (tertiary/aromatic N) is 4. The van der Waals surface area contributed by atoms with Gasteiger partial charge in [-0.3, -0.25) is 13.9 Å². The Bertz CT molecular complexity index is 1040. The van der Waals surface area contributed by atoms with Gasteiger partial charge in [-0.15, -0.1) is 11.8 Å². The minimum Gasteiger partial charge on any atom is -0.280 e. The second-order valence-electron chi connectivity index (χ2n) is 5.20. The molecule has 0 aliphatic rings. The van der Waals surface area contributed by atoms with Crippen LogP contribution in [0.4, 0.5) is 0 Å². The molecule has 0 saturated heterocycles. The smallest absolute Gasteiger partial charge is 0.280 e. The monoisotopic (exact) mass is 406 g/mol. The normalized spacial score (nSPS) is 11.2. The van der Waals surface area contributed by atoms with Gasteiger partial charge in [0.05, 0.1) is 0 Å². The Morgan fingerprint density at radius 2 is 1.75 bits per heavy atom. The highest BCUT2D eigenvalue weighted by Crippen LogP contribution is 2.26. The van der Waals surface area contributed by atoms with Crippen molar-refractivity contribution in [3.05, 3.63) is 49.6 Å². The van der Waals surface area contributed by atoms with E-state index in [4.69, 9.17) is 0 Å². The molecule has 2 aromatic heterocycles. The fraction of sp³-hybridized carbons (Fsp3) is 0.250. The molecular weight excluding hydrogens is 392 g/mol. The first-order valence-corrected chi connectivity index (χ1v) is 9.08. The van der Waals surface area contributed by atoms with E-state index in [-0.39, 0.29) is 5.56 Å². The van der Waals surface area contributed by atoms with Gasteiger partial charge in [0.25, 0.3) is 5.56 Å². The molecule has 3 rings (SSSR count). The predicted octanol–water partition coefficient (Wildman–Crippen LogP) is 2.57. The van der Waals surface area contributed by atoms with Crippen LogP contribution < -0.4 is 11.2 Å². The Morgan fingerprint density at radius 3 is 2.38 bits per heavy atom. The van der Waals surface area contributed by atoms with Crippen molar-refractivity contribution in [1.29, 1.82) is 0 Å². The first-order chi connectivity index (χ1) is 11.4. The third kappa shape index (κ3) is 2.80. The SMILES string of the molecule is CCSc1nc(-c2ccc(Br)cc2)nc2c1c(=O)n(C)c(=O)n2C. The molecule has 124 valence electrons. The molecule has 0 fully saturated rings. The lowest BCUT2D eigenvalue weighted by Crippen LogP contribution is -2.37. The van der Waals surface area contributed by atoms with Crippen molar-refractivity contribution in [3.8, 4) is 11.4 Å². The lowest BCUT2D eigenvalue weighted by Gasteiger charge is -2.11. The van der Waals surface area contributed by atoms with Crippen molar-refractivity contribution >= 4 is 38.7 Å². The molecule has 0 aliphatic heterocycles. The average molecular weight is 407 g/mol. The molecular formula is C16H15BrN4O2S. The summed E-state index contributed by atoms with van der Waals surface area (Å²) >= 11 is 4.87. The minimum absolute atomic E-state index is 0.354. The van der Waals surface area contributed by atoms with E-state index in [1.54, 1.807) is 7.05 Å². The summed E-state index contributed by atoms with van der Waals surface area (Å²) in [6.07, 6.45) is 0. The zero-order valence-electron chi connectivity index (χ0n) is 13.4. The molecule has 0 amide bonds. The highest BCUT2D eigenvalue weighted by atomic mass is 79.9. The first-order valence-electron chi connectivity index (χ1n) is 7.30. The van der Waals surface area contributed by atoms with Crippen LogP contribution in [0.2, 0.25) is 0 Å². The number of fused-ring (bicyclic) bond motifs is 1. The van der Waals surface area contributed by atoms with Gasteiger partial charge >= 0.3 is 5.69 Å². The van der Waals surface area contributed by atoms with Crippen LogP contribution in [0.15, 0.2) is 43.4 Å². The molecule has 0 atom stereocenters. The molecule has 0 bridgehead atoms. The van der Waals surface area contributed by atoms with E-state index in [2.05, 4.69) is 25.9 Å². The number of aryl methyl sites for hydroxylation is 1. The molecule has 0 N–H and O–H groups in total. The third-order valence-electron chi connectivity index (χ3n) is 3.65. The van der Waals surface area contributed by atoms with Crippen LogP contribution in [0.25, 0.3) is 22.4 Å². The average Bonchev–Trinajstić information content (AvgIpc) is 2.58. The van der Waals surface area contributed by atoms with Gasteiger partial charge in [-0.05, 0) is 17.9 Å². The molecule has 0 aliphatic carbocycles. The highest BCUT2D eigenvalue weighted by Gasteiger charge is 2.17. The van der Waals surface area contributed by atoms with E-state index in [0.717, 1.165) is 20.4 Å². The summed E-state index contributed by atoms with van der Waals surface area (Å²) in [7, 11) is 3.08. The Morgan fingerprint density at radius 1 is 1.08 bits per heavy atom. The van der Waals surface area contributed by atoms with Gasteiger partial charge in [0.15, 0.2) is 11.5 Å². The quantitative estimate of drug-likeness (QED) is 0.493. The Hall–Kier alpha value is -1.93. The highest BCUT2D eigenvalue weighted by molar-refractivity contribution is 9.10. The predicted molar refractivity (Wildman–Crippen MR) is 99.6 cm³/mol. The van der Waals surface area contributed by atoms with Crippen molar-refractivity contribution in [2.75, 3.05) is 5.75 Å². The molecule has 8 heteroatoms. The molecule has 3 aromatic rings. The standard InChI is InChI=1S/C16H15BrN4O2S/c1-4-24-14-11-13(20(2)16(23)21(3)15(11)22)18-12(19-14)9-5-7-10(17)8-6-9/h5-8H,4H2,1-3H3. The lowest BCUT2D eigenvalue weighted by molar-refractivity contribution is 0.703. The van der Waals surface area contributed by atoms with Gasteiger partial charge in [0.2, 0.25) is 0 Å². The number of aromatic nitrogens is 4. The van der Waals surface area contributed by atoms with Crippen LogP contribution >= 0.6 is 27.7 Å². The summed E-state index contributed by atoms with van der Waals surface area (Å²) in [5, 5.41) is 0.976. The topological polar surface area (TPSA) is 69.8 Å². The van der Waals surface area contributed by atoms with Gasteiger partial charge in [-0.25, -0.2) is 14.8 Å². The zero-order chi connectivity index (χ0) is 17.4. The van der Waals surface area contributed by atoms with Crippen molar-refractivity contribution in [2.24, 2.45) is 14.1 Å². The van der Waals surface area contributed by atoms with Crippen LogP contribution in [0, 0.1) is 0 Å². The van der Waals surface area contributed by atoms with Crippen LogP contribution in [0.1, 0.15) is 6.92 Å². The summed E-state index contributed by atoms with van der Waals surface area (Å²) in [5.74, 6) is 1.26. The molecule has 6 nitrogen and oxygen atoms in total. The fourth-order valence-electron chi connectivity index (χ4n) is 2.40. The molecule has 2 heterocycles. The maximum Gasteiger partial charge on any atom is 0.332 e. The maximum atomic E-state index is 12.5. The van der Waals surface area contributed by atoms with Gasteiger partial charge < -0.3 is 0 Å². The summed E-state index contributed by atoms with van der Waals surface area (Å²) in [6.45, 7) is 1.99. The second-order valence-corrected chi connectivity index (χ2v) is 7.37. The number of hydrogen-bond acceptors (Lipinski definition) is 5. The Balaban J connectivity index is 2.41. The molecule has 0 saturated carbocycles. The van der Waals surface area contributed by atoms with Crippen LogP contribution in [-0.2, 0) is 14.1 Å². The number of halogens is 1. The van der Waals surface area contributed by atoms with E-state index >= 15 is 0 Å². The maximum absolute atomic E-state index is 12.5. The summed E-state index contributed by atoms with van der Waals surface area (Å²) in [4.78, 5) is 33.8. The number of benzene rings is 1. The van der Waals surface area contributed by atoms with Crippen molar-refractivity contribution in [3.63, 3.8) is 0 Å². The minimum atomic E-state index is -0.402. The van der Waals surface area contributed by atoms with Crippen LogP contribution in [-0.4, -0.2) is 24.9 Å². The fourth-order valence-corrected chi connectivity index (χ4v) is 3.41. The number of rotatable bonds is 3. The van der Waals surface area contributed by atoms with Gasteiger partial charge in [0, 0.05) is 24.1 Å². The Labute approximate surface area is 150 Å². The van der Waals surface area contributed by atoms with Crippen molar-refractivity contribution < 1.29 is 0 Å². The molecule has 0 radical (unpaired) electrons. The van der Waals surface area contributed by atoms with Gasteiger partial charge in [0.1, 0.15) is 10.4 Å². The second kappa shape index (κ2) is 6.52. The number of hydrogen-bond donors (Lipinski definition) is 0. The molecule has 0 spiro atoms. The van der Waals surface area contributed by atoms with E-state index in [1.165, 1.54) is 23.4 Å². The van der Waals surface area contributed by atoms with E-state index in [0.29, 0.717) is 21.9 Å². The number of thioether (sulfide) groups is 1. The lowest BCUT2D eigenvalue weighted by atomic mass is 10.2. The van der Waals surface area contributed by atoms with Crippen LogP contribution in [0.5, 0.6) is 0 Å². The first kappa shape index (κ1) is 16.9. The third-order valence-corrected chi connectivity index (χ3v) is 5.04.